The van der Waals surface area contributed by atoms with Gasteiger partial charge in [-0.15, -0.1) is 6.58 Å². The zero-order valence-electron chi connectivity index (χ0n) is 15.5. The maximum absolute atomic E-state index is 12.3. The highest BCUT2D eigenvalue weighted by Crippen LogP contribution is 2.50. The number of likely N-dealkylation sites (N-methyl/N-ethyl adjacent to an activating group) is 1. The summed E-state index contributed by atoms with van der Waals surface area (Å²) in [5.74, 6) is 0. The van der Waals surface area contributed by atoms with Crippen LogP contribution in [0.25, 0.3) is 0 Å². The first-order chi connectivity index (χ1) is 11.0. The van der Waals surface area contributed by atoms with Gasteiger partial charge in [0.2, 0.25) is 0 Å². The van der Waals surface area contributed by atoms with Gasteiger partial charge in [0.25, 0.3) is 0 Å². The SMILES string of the molecule is C=CCC(CCCCC)(C[N+](C)(C)C)OP(=O)(O)OCC(O)CO. The fraction of sp³-hybridized carbons (Fsp3) is 0.875. The minimum absolute atomic E-state index is 0.419. The average Bonchev–Trinajstić information content (AvgIpc) is 2.43. The van der Waals surface area contributed by atoms with E-state index in [9.17, 15) is 14.6 Å². The van der Waals surface area contributed by atoms with E-state index < -0.39 is 32.7 Å². The fourth-order valence-electron chi connectivity index (χ4n) is 2.69. The Bertz CT molecular complexity index is 412. The van der Waals surface area contributed by atoms with Crippen molar-refractivity contribution < 1.29 is 33.2 Å². The lowest BCUT2D eigenvalue weighted by atomic mass is 9.91. The Hall–Kier alpha value is -0.270. The molecule has 0 heterocycles. The van der Waals surface area contributed by atoms with Crippen molar-refractivity contribution in [1.29, 1.82) is 0 Å². The van der Waals surface area contributed by atoms with Crippen LogP contribution in [0.3, 0.4) is 0 Å². The molecule has 0 aromatic carbocycles. The third-order valence-corrected chi connectivity index (χ3v) is 4.56. The molecule has 0 aliphatic carbocycles. The van der Waals surface area contributed by atoms with E-state index in [1.807, 2.05) is 21.1 Å². The third kappa shape index (κ3) is 10.6. The number of hydrogen-bond donors (Lipinski definition) is 3. The molecule has 144 valence electrons. The van der Waals surface area contributed by atoms with Crippen LogP contribution in [0.1, 0.15) is 39.0 Å². The molecule has 0 aromatic rings. The van der Waals surface area contributed by atoms with Crippen LogP contribution in [0.4, 0.5) is 0 Å². The van der Waals surface area contributed by atoms with E-state index in [2.05, 4.69) is 13.5 Å². The maximum Gasteiger partial charge on any atom is 0.473 e. The van der Waals surface area contributed by atoms with Gasteiger partial charge in [-0.05, 0) is 6.42 Å². The number of quaternary nitrogens is 1. The molecule has 0 saturated carbocycles. The summed E-state index contributed by atoms with van der Waals surface area (Å²) in [7, 11) is 1.58. The molecule has 0 aliphatic rings. The van der Waals surface area contributed by atoms with Gasteiger partial charge in [-0.3, -0.25) is 9.05 Å². The van der Waals surface area contributed by atoms with Crippen molar-refractivity contribution in [3.63, 3.8) is 0 Å². The van der Waals surface area contributed by atoms with Crippen molar-refractivity contribution in [2.45, 2.75) is 50.7 Å². The summed E-state index contributed by atoms with van der Waals surface area (Å²) in [6, 6.07) is 0. The summed E-state index contributed by atoms with van der Waals surface area (Å²) in [4.78, 5) is 10.1. The standard InChI is InChI=1S/C16H34NO6P/c1-6-8-9-11-16(10-7-2,14-17(3,4)5)23-24(20,21)22-13-15(19)12-18/h7,15,18-19H,2,6,8-14H2,1,3-5H3/p+1. The number of unbranched alkanes of at least 4 members (excludes halogenated alkanes) is 2. The van der Waals surface area contributed by atoms with Crippen LogP contribution in [0.15, 0.2) is 12.7 Å². The number of aliphatic hydroxyl groups is 2. The van der Waals surface area contributed by atoms with Gasteiger partial charge < -0.3 is 19.6 Å². The van der Waals surface area contributed by atoms with Crippen LogP contribution in [0.2, 0.25) is 0 Å². The van der Waals surface area contributed by atoms with Crippen LogP contribution >= 0.6 is 7.82 Å². The Balaban J connectivity index is 5.24. The van der Waals surface area contributed by atoms with Crippen LogP contribution in [-0.2, 0) is 13.6 Å². The second-order valence-corrected chi connectivity index (χ2v) is 8.65. The largest absolute Gasteiger partial charge is 0.473 e. The Morgan fingerprint density at radius 2 is 1.96 bits per heavy atom. The van der Waals surface area contributed by atoms with Gasteiger partial charge in [0, 0.05) is 6.42 Å². The molecule has 0 rings (SSSR count). The summed E-state index contributed by atoms with van der Waals surface area (Å²) < 4.78 is 23.3. The summed E-state index contributed by atoms with van der Waals surface area (Å²) >= 11 is 0. The number of phosphoric ester groups is 1. The molecule has 7 nitrogen and oxygen atoms in total. The lowest BCUT2D eigenvalue weighted by Crippen LogP contribution is -2.50. The molecule has 24 heavy (non-hydrogen) atoms. The third-order valence-electron chi connectivity index (χ3n) is 3.46. The van der Waals surface area contributed by atoms with Gasteiger partial charge in [0.1, 0.15) is 18.2 Å². The molecule has 0 amide bonds. The van der Waals surface area contributed by atoms with Gasteiger partial charge in [-0.25, -0.2) is 4.57 Å². The molecule has 0 aliphatic heterocycles. The number of nitrogens with zero attached hydrogens (tertiary/aromatic N) is 1. The van der Waals surface area contributed by atoms with Gasteiger partial charge in [-0.2, -0.15) is 0 Å². The predicted molar refractivity (Wildman–Crippen MR) is 94.5 cm³/mol. The molecule has 0 bridgehead atoms. The lowest BCUT2D eigenvalue weighted by molar-refractivity contribution is -0.876. The number of hydrogen-bond acceptors (Lipinski definition) is 5. The highest BCUT2D eigenvalue weighted by Gasteiger charge is 2.42. The molecule has 8 heteroatoms. The molecule has 3 unspecified atom stereocenters. The first-order valence-corrected chi connectivity index (χ1v) is 9.87. The second kappa shape index (κ2) is 10.7. The van der Waals surface area contributed by atoms with Crippen molar-refractivity contribution in [3.05, 3.63) is 12.7 Å². The van der Waals surface area contributed by atoms with E-state index in [1.54, 1.807) is 6.08 Å². The quantitative estimate of drug-likeness (QED) is 0.188. The highest BCUT2D eigenvalue weighted by molar-refractivity contribution is 7.47. The Morgan fingerprint density at radius 3 is 2.42 bits per heavy atom. The average molecular weight is 368 g/mol. The smallest absolute Gasteiger partial charge is 0.394 e. The van der Waals surface area contributed by atoms with E-state index in [0.29, 0.717) is 23.9 Å². The van der Waals surface area contributed by atoms with Gasteiger partial charge in [0.05, 0.1) is 34.4 Å². The molecule has 0 aromatic heterocycles. The Labute approximate surface area is 146 Å². The summed E-state index contributed by atoms with van der Waals surface area (Å²) in [6.45, 7) is 5.34. The second-order valence-electron chi connectivity index (χ2n) is 7.27. The van der Waals surface area contributed by atoms with Crippen molar-refractivity contribution in [1.82, 2.24) is 0 Å². The maximum atomic E-state index is 12.3. The van der Waals surface area contributed by atoms with Crippen LogP contribution < -0.4 is 0 Å². The van der Waals surface area contributed by atoms with Crippen molar-refractivity contribution >= 4 is 7.82 Å². The molecular weight excluding hydrogens is 333 g/mol. The molecule has 3 N–H and O–H groups in total. The van der Waals surface area contributed by atoms with Crippen molar-refractivity contribution in [2.24, 2.45) is 0 Å². The molecule has 0 saturated heterocycles. The van der Waals surface area contributed by atoms with Gasteiger partial charge in [0.15, 0.2) is 0 Å². The van der Waals surface area contributed by atoms with E-state index in [1.165, 1.54) is 0 Å². The van der Waals surface area contributed by atoms with Crippen molar-refractivity contribution in [3.8, 4) is 0 Å². The normalized spacial score (nSPS) is 18.6. The first-order valence-electron chi connectivity index (χ1n) is 8.37. The van der Waals surface area contributed by atoms with E-state index in [0.717, 1.165) is 19.3 Å². The van der Waals surface area contributed by atoms with E-state index in [-0.39, 0.29) is 0 Å². The zero-order valence-corrected chi connectivity index (χ0v) is 16.4. The highest BCUT2D eigenvalue weighted by atomic mass is 31.2. The minimum atomic E-state index is -4.37. The summed E-state index contributed by atoms with van der Waals surface area (Å²) in [6.07, 6.45) is 4.39. The van der Waals surface area contributed by atoms with Gasteiger partial charge in [-0.1, -0.05) is 32.3 Å². The van der Waals surface area contributed by atoms with E-state index >= 15 is 0 Å². The Kier molecular flexibility index (Phi) is 10.5. The molecule has 0 fully saturated rings. The number of rotatable bonds is 14. The fourth-order valence-corrected chi connectivity index (χ4v) is 3.81. The summed E-state index contributed by atoms with van der Waals surface area (Å²) in [5, 5.41) is 18.1. The molecule has 0 spiro atoms. The zero-order chi connectivity index (χ0) is 18.9. The van der Waals surface area contributed by atoms with Crippen LogP contribution in [0, 0.1) is 0 Å². The molecule has 0 radical (unpaired) electrons. The van der Waals surface area contributed by atoms with Gasteiger partial charge >= 0.3 is 7.82 Å². The topological polar surface area (TPSA) is 96.2 Å². The number of phosphoric acid groups is 1. The van der Waals surface area contributed by atoms with E-state index in [4.69, 9.17) is 14.2 Å². The molecular formula is C16H35NO6P+. The van der Waals surface area contributed by atoms with Crippen LogP contribution in [0.5, 0.6) is 0 Å². The monoisotopic (exact) mass is 368 g/mol. The minimum Gasteiger partial charge on any atom is -0.394 e. The lowest BCUT2D eigenvalue weighted by Gasteiger charge is -2.39. The Morgan fingerprint density at radius 1 is 1.33 bits per heavy atom. The predicted octanol–water partition coefficient (Wildman–Crippen LogP) is 2.07. The van der Waals surface area contributed by atoms with Crippen LogP contribution in [-0.4, -0.2) is 72.2 Å². The first kappa shape index (κ1) is 23.7. The summed E-state index contributed by atoms with van der Waals surface area (Å²) in [5.41, 5.74) is -0.871. The molecule has 3 atom stereocenters. The number of aliphatic hydroxyl groups excluding tert-OH is 2. The van der Waals surface area contributed by atoms with Crippen molar-refractivity contribution in [2.75, 3.05) is 40.9 Å².